The fourth-order valence-electron chi connectivity index (χ4n) is 1.40. The third-order valence-electron chi connectivity index (χ3n) is 2.17. The molecule has 0 saturated carbocycles. The lowest BCUT2D eigenvalue weighted by Crippen LogP contribution is -2.07. The molecule has 0 aliphatic rings. The van der Waals surface area contributed by atoms with Crippen LogP contribution in [0.3, 0.4) is 0 Å². The molecule has 0 nitrogen and oxygen atoms in total. The maximum absolute atomic E-state index is 3.85. The molecule has 0 fully saturated rings. The normalized spacial score (nSPS) is 12.8. The molecule has 0 radical (unpaired) electrons. The Labute approximate surface area is 90.6 Å². The SMILES string of the molecule is CCCC[SiH](Br)Cc1ccccc1. The molecule has 0 amide bonds. The molecule has 13 heavy (non-hydrogen) atoms. The zero-order chi connectivity index (χ0) is 9.52. The van der Waals surface area contributed by atoms with E-state index in [-0.39, 0.29) is 0 Å². The molecule has 1 rings (SSSR count). The molecule has 0 aromatic heterocycles. The van der Waals surface area contributed by atoms with Crippen LogP contribution in [0.15, 0.2) is 30.3 Å². The summed E-state index contributed by atoms with van der Waals surface area (Å²) in [5, 5.41) is 0. The van der Waals surface area contributed by atoms with E-state index in [1.165, 1.54) is 30.5 Å². The monoisotopic (exact) mass is 256 g/mol. The van der Waals surface area contributed by atoms with Crippen molar-refractivity contribution in [3.63, 3.8) is 0 Å². The van der Waals surface area contributed by atoms with Gasteiger partial charge in [-0.15, -0.1) is 15.3 Å². The summed E-state index contributed by atoms with van der Waals surface area (Å²) >= 11 is 3.85. The van der Waals surface area contributed by atoms with Gasteiger partial charge in [-0.05, 0) is 6.04 Å². The van der Waals surface area contributed by atoms with E-state index in [0.29, 0.717) is 0 Å². The fraction of sp³-hybridized carbons (Fsp3) is 0.455. The standard InChI is InChI=1S/C11H17BrSi/c1-2-3-9-13(12)10-11-7-5-4-6-8-11/h4-8,13H,2-3,9-10H2,1H3. The van der Waals surface area contributed by atoms with Gasteiger partial charge in [0.25, 0.3) is 0 Å². The number of rotatable bonds is 5. The molecule has 0 spiro atoms. The van der Waals surface area contributed by atoms with Crippen molar-refractivity contribution in [2.75, 3.05) is 0 Å². The van der Waals surface area contributed by atoms with Crippen LogP contribution in [0.1, 0.15) is 25.3 Å². The van der Waals surface area contributed by atoms with Gasteiger partial charge in [0.1, 0.15) is 7.42 Å². The third-order valence-corrected chi connectivity index (χ3v) is 6.46. The van der Waals surface area contributed by atoms with Crippen molar-refractivity contribution in [3.05, 3.63) is 35.9 Å². The Morgan fingerprint density at radius 1 is 1.23 bits per heavy atom. The average molecular weight is 257 g/mol. The van der Waals surface area contributed by atoms with E-state index < -0.39 is 7.42 Å². The molecule has 72 valence electrons. The maximum atomic E-state index is 3.85. The van der Waals surface area contributed by atoms with Crippen LogP contribution in [0.5, 0.6) is 0 Å². The van der Waals surface area contributed by atoms with Gasteiger partial charge in [-0.1, -0.05) is 61.7 Å². The van der Waals surface area contributed by atoms with Gasteiger partial charge >= 0.3 is 0 Å². The molecule has 0 bridgehead atoms. The fourth-order valence-corrected chi connectivity index (χ4v) is 5.33. The van der Waals surface area contributed by atoms with Crippen molar-refractivity contribution < 1.29 is 0 Å². The van der Waals surface area contributed by atoms with Crippen LogP contribution in [-0.2, 0) is 6.04 Å². The maximum Gasteiger partial charge on any atom is 0.119 e. The second kappa shape index (κ2) is 6.38. The van der Waals surface area contributed by atoms with Crippen molar-refractivity contribution in [2.45, 2.75) is 31.9 Å². The van der Waals surface area contributed by atoms with Crippen molar-refractivity contribution in [2.24, 2.45) is 0 Å². The first kappa shape index (κ1) is 11.0. The molecular formula is C11H17BrSi. The Balaban J connectivity index is 2.32. The smallest absolute Gasteiger partial charge is 0.119 e. The van der Waals surface area contributed by atoms with E-state index in [0.717, 1.165) is 0 Å². The molecule has 1 aromatic rings. The molecule has 1 aromatic carbocycles. The van der Waals surface area contributed by atoms with Crippen LogP contribution in [0.2, 0.25) is 6.04 Å². The second-order valence-electron chi connectivity index (χ2n) is 3.43. The van der Waals surface area contributed by atoms with Crippen LogP contribution in [0.4, 0.5) is 0 Å². The highest BCUT2D eigenvalue weighted by atomic mass is 79.9. The lowest BCUT2D eigenvalue weighted by molar-refractivity contribution is 0.876. The molecule has 1 atom stereocenters. The minimum Gasteiger partial charge on any atom is -0.130 e. The summed E-state index contributed by atoms with van der Waals surface area (Å²) in [5.41, 5.74) is 1.49. The molecule has 0 N–H and O–H groups in total. The van der Waals surface area contributed by atoms with Crippen LogP contribution in [0.25, 0.3) is 0 Å². The molecular weight excluding hydrogens is 240 g/mol. The zero-order valence-electron chi connectivity index (χ0n) is 8.17. The van der Waals surface area contributed by atoms with Gasteiger partial charge in [-0.3, -0.25) is 0 Å². The summed E-state index contributed by atoms with van der Waals surface area (Å²) in [6.07, 6.45) is 2.71. The van der Waals surface area contributed by atoms with Crippen LogP contribution in [0, 0.1) is 0 Å². The van der Waals surface area contributed by atoms with Gasteiger partial charge in [0.15, 0.2) is 0 Å². The second-order valence-corrected chi connectivity index (χ2v) is 9.49. The van der Waals surface area contributed by atoms with E-state index in [4.69, 9.17) is 0 Å². The van der Waals surface area contributed by atoms with Crippen LogP contribution in [-0.4, -0.2) is 7.42 Å². The number of benzene rings is 1. The summed E-state index contributed by atoms with van der Waals surface area (Å²) < 4.78 is 0. The third kappa shape index (κ3) is 4.63. The number of hydrogen-bond acceptors (Lipinski definition) is 0. The van der Waals surface area contributed by atoms with Gasteiger partial charge in [0.2, 0.25) is 0 Å². The minimum atomic E-state index is -0.634. The van der Waals surface area contributed by atoms with E-state index in [9.17, 15) is 0 Å². The van der Waals surface area contributed by atoms with Gasteiger partial charge in [-0.25, -0.2) is 0 Å². The molecule has 0 aliphatic heterocycles. The number of hydrogen-bond donors (Lipinski definition) is 0. The van der Waals surface area contributed by atoms with Crippen LogP contribution < -0.4 is 0 Å². The predicted molar refractivity (Wildman–Crippen MR) is 65.9 cm³/mol. The quantitative estimate of drug-likeness (QED) is 0.557. The lowest BCUT2D eigenvalue weighted by Gasteiger charge is -2.06. The van der Waals surface area contributed by atoms with Crippen molar-refractivity contribution in [1.82, 2.24) is 0 Å². The van der Waals surface area contributed by atoms with E-state index in [1.54, 1.807) is 0 Å². The molecule has 0 heterocycles. The van der Waals surface area contributed by atoms with Crippen molar-refractivity contribution >= 4 is 22.7 Å². The molecule has 0 aliphatic carbocycles. The summed E-state index contributed by atoms with van der Waals surface area (Å²) in [4.78, 5) is 0. The summed E-state index contributed by atoms with van der Waals surface area (Å²) in [7, 11) is -0.634. The number of halogens is 1. The van der Waals surface area contributed by atoms with Gasteiger partial charge < -0.3 is 0 Å². The van der Waals surface area contributed by atoms with E-state index in [1.807, 2.05) is 0 Å². The van der Waals surface area contributed by atoms with Crippen molar-refractivity contribution in [3.8, 4) is 0 Å². The Hall–Kier alpha value is -0.0831. The molecule has 1 unspecified atom stereocenters. The molecule has 2 heteroatoms. The average Bonchev–Trinajstić information content (AvgIpc) is 2.16. The Morgan fingerprint density at radius 2 is 1.92 bits per heavy atom. The number of unbranched alkanes of at least 4 members (excludes halogenated alkanes) is 1. The topological polar surface area (TPSA) is 0 Å². The predicted octanol–water partition coefficient (Wildman–Crippen LogP) is 3.69. The Kier molecular flexibility index (Phi) is 5.40. The van der Waals surface area contributed by atoms with Gasteiger partial charge in [0, 0.05) is 0 Å². The highest BCUT2D eigenvalue weighted by Crippen LogP contribution is 2.12. The first-order valence-electron chi connectivity index (χ1n) is 5.01. The van der Waals surface area contributed by atoms with Crippen molar-refractivity contribution in [1.29, 1.82) is 0 Å². The minimum absolute atomic E-state index is 0.634. The first-order chi connectivity index (χ1) is 6.33. The zero-order valence-corrected chi connectivity index (χ0v) is 10.9. The van der Waals surface area contributed by atoms with E-state index >= 15 is 0 Å². The van der Waals surface area contributed by atoms with Gasteiger partial charge in [0.05, 0.1) is 0 Å². The largest absolute Gasteiger partial charge is 0.130 e. The van der Waals surface area contributed by atoms with Crippen LogP contribution >= 0.6 is 15.3 Å². The molecule has 0 saturated heterocycles. The summed E-state index contributed by atoms with van der Waals surface area (Å²) in [5.74, 6) is 0. The Bertz CT molecular complexity index is 223. The lowest BCUT2D eigenvalue weighted by atomic mass is 10.2. The Morgan fingerprint density at radius 3 is 2.54 bits per heavy atom. The summed E-state index contributed by atoms with van der Waals surface area (Å²) in [6, 6.07) is 13.5. The summed E-state index contributed by atoms with van der Waals surface area (Å²) in [6.45, 7) is 2.26. The highest BCUT2D eigenvalue weighted by Gasteiger charge is 2.05. The highest BCUT2D eigenvalue weighted by molar-refractivity contribution is 9.24. The van der Waals surface area contributed by atoms with Gasteiger partial charge in [-0.2, -0.15) is 0 Å². The van der Waals surface area contributed by atoms with E-state index in [2.05, 4.69) is 52.5 Å². The first-order valence-corrected chi connectivity index (χ1v) is 9.82.